The van der Waals surface area contributed by atoms with Crippen molar-refractivity contribution in [2.45, 2.75) is 6.92 Å². The molecule has 0 atom stereocenters. The van der Waals surface area contributed by atoms with E-state index in [1.54, 1.807) is 12.4 Å². The quantitative estimate of drug-likeness (QED) is 0.652. The van der Waals surface area contributed by atoms with Crippen molar-refractivity contribution in [3.05, 3.63) is 23.8 Å². The van der Waals surface area contributed by atoms with Gasteiger partial charge in [0.1, 0.15) is 0 Å². The Balaban J connectivity index is 2.54. The Morgan fingerprint density at radius 1 is 1.54 bits per heavy atom. The van der Waals surface area contributed by atoms with Crippen molar-refractivity contribution in [3.8, 4) is 5.75 Å². The Kier molecular flexibility index (Phi) is 1.98. The Labute approximate surface area is 79.0 Å². The van der Waals surface area contributed by atoms with Crippen LogP contribution < -0.4 is 4.74 Å². The molecule has 2 aromatic rings. The summed E-state index contributed by atoms with van der Waals surface area (Å²) in [6, 6.07) is 1.94. The minimum atomic E-state index is -0.317. The molecule has 0 radical (unpaired) electrons. The maximum absolute atomic E-state index is 10.7. The number of esters is 1. The van der Waals surface area contributed by atoms with Crippen molar-refractivity contribution in [2.24, 2.45) is 0 Å². The van der Waals surface area contributed by atoms with E-state index in [2.05, 4.69) is 4.98 Å². The topological polar surface area (TPSA) is 39.2 Å². The monoisotopic (exact) mass is 193 g/mol. The predicted molar refractivity (Wildman–Crippen MR) is 50.9 cm³/mol. The van der Waals surface area contributed by atoms with Crippen molar-refractivity contribution < 1.29 is 9.53 Å². The minimum Gasteiger partial charge on any atom is -0.424 e. The lowest BCUT2D eigenvalue weighted by Crippen LogP contribution is -2.01. The third-order valence-electron chi connectivity index (χ3n) is 1.58. The number of fused-ring (bicyclic) bond motifs is 1. The first-order chi connectivity index (χ1) is 6.27. The molecule has 4 heteroatoms. The summed E-state index contributed by atoms with van der Waals surface area (Å²) in [4.78, 5) is 14.7. The van der Waals surface area contributed by atoms with Gasteiger partial charge >= 0.3 is 5.97 Å². The number of hydrogen-bond acceptors (Lipinski definition) is 4. The molecule has 0 bridgehead atoms. The number of carbonyl (C=O) groups excluding carboxylic acids is 1. The summed E-state index contributed by atoms with van der Waals surface area (Å²) in [7, 11) is 0. The summed E-state index contributed by atoms with van der Waals surface area (Å²) < 4.78 is 5.96. The van der Waals surface area contributed by atoms with Crippen LogP contribution in [0.1, 0.15) is 6.92 Å². The van der Waals surface area contributed by atoms with Crippen molar-refractivity contribution in [1.29, 1.82) is 0 Å². The number of ether oxygens (including phenoxy) is 1. The first-order valence-electron chi connectivity index (χ1n) is 3.77. The number of thiophene rings is 1. The number of nitrogens with zero attached hydrogens (tertiary/aromatic N) is 1. The molecule has 2 rings (SSSR count). The lowest BCUT2D eigenvalue weighted by molar-refractivity contribution is -0.131. The summed E-state index contributed by atoms with van der Waals surface area (Å²) in [6.45, 7) is 1.38. The van der Waals surface area contributed by atoms with Gasteiger partial charge < -0.3 is 4.74 Å². The van der Waals surface area contributed by atoms with Crippen LogP contribution in [-0.2, 0) is 4.79 Å². The highest BCUT2D eigenvalue weighted by Gasteiger charge is 2.05. The predicted octanol–water partition coefficient (Wildman–Crippen LogP) is 2.22. The van der Waals surface area contributed by atoms with Gasteiger partial charge in [0.25, 0.3) is 0 Å². The molecule has 0 saturated heterocycles. The largest absolute Gasteiger partial charge is 0.424 e. The van der Waals surface area contributed by atoms with E-state index < -0.39 is 0 Å². The van der Waals surface area contributed by atoms with Crippen LogP contribution in [-0.4, -0.2) is 11.0 Å². The van der Waals surface area contributed by atoms with Crippen molar-refractivity contribution in [1.82, 2.24) is 4.98 Å². The third-order valence-corrected chi connectivity index (χ3v) is 2.52. The zero-order chi connectivity index (χ0) is 9.26. The van der Waals surface area contributed by atoms with Gasteiger partial charge in [-0.25, -0.2) is 0 Å². The molecule has 0 aliphatic heterocycles. The lowest BCUT2D eigenvalue weighted by Gasteiger charge is -2.00. The van der Waals surface area contributed by atoms with Gasteiger partial charge in [-0.1, -0.05) is 0 Å². The molecule has 0 aromatic carbocycles. The van der Waals surface area contributed by atoms with Crippen molar-refractivity contribution >= 4 is 27.4 Å². The highest BCUT2D eigenvalue weighted by Crippen LogP contribution is 2.29. The molecule has 2 aromatic heterocycles. The van der Waals surface area contributed by atoms with Gasteiger partial charge in [0.05, 0.1) is 10.9 Å². The van der Waals surface area contributed by atoms with Crippen LogP contribution in [0, 0.1) is 0 Å². The SMILES string of the molecule is CC(=O)Oc1cncc2ccsc12. The lowest BCUT2D eigenvalue weighted by atomic mass is 10.3. The Morgan fingerprint density at radius 2 is 2.38 bits per heavy atom. The first kappa shape index (κ1) is 8.19. The molecule has 0 spiro atoms. The van der Waals surface area contributed by atoms with E-state index >= 15 is 0 Å². The van der Waals surface area contributed by atoms with E-state index in [0.717, 1.165) is 10.1 Å². The van der Waals surface area contributed by atoms with Crippen LogP contribution in [0.5, 0.6) is 5.75 Å². The van der Waals surface area contributed by atoms with Gasteiger partial charge in [-0.2, -0.15) is 0 Å². The standard InChI is InChI=1S/C9H7NO2S/c1-6(11)12-8-5-10-4-7-2-3-13-9(7)8/h2-5H,1H3. The second-order valence-electron chi connectivity index (χ2n) is 2.57. The van der Waals surface area contributed by atoms with Crippen LogP contribution in [0.15, 0.2) is 23.8 Å². The maximum atomic E-state index is 10.7. The highest BCUT2D eigenvalue weighted by molar-refractivity contribution is 7.17. The zero-order valence-electron chi connectivity index (χ0n) is 6.98. The highest BCUT2D eigenvalue weighted by atomic mass is 32.1. The summed E-state index contributed by atoms with van der Waals surface area (Å²) in [5.41, 5.74) is 0. The number of rotatable bonds is 1. The Bertz CT molecular complexity index is 450. The molecule has 0 aliphatic carbocycles. The summed E-state index contributed by atoms with van der Waals surface area (Å²) in [5.74, 6) is 0.225. The van der Waals surface area contributed by atoms with Crippen LogP contribution in [0.25, 0.3) is 10.1 Å². The molecule has 2 heterocycles. The van der Waals surface area contributed by atoms with Crippen LogP contribution in [0.3, 0.4) is 0 Å². The van der Waals surface area contributed by atoms with E-state index in [4.69, 9.17) is 4.74 Å². The Morgan fingerprint density at radius 3 is 3.15 bits per heavy atom. The Hall–Kier alpha value is -1.42. The van der Waals surface area contributed by atoms with E-state index in [9.17, 15) is 4.79 Å². The van der Waals surface area contributed by atoms with Gasteiger partial charge in [-0.3, -0.25) is 9.78 Å². The number of pyridine rings is 1. The molecular formula is C9H7NO2S. The molecule has 0 saturated carbocycles. The number of aromatic nitrogens is 1. The molecule has 66 valence electrons. The minimum absolute atomic E-state index is 0.317. The van der Waals surface area contributed by atoms with Crippen LogP contribution in [0.2, 0.25) is 0 Å². The fourth-order valence-corrected chi connectivity index (χ4v) is 1.91. The third kappa shape index (κ3) is 1.53. The molecular weight excluding hydrogens is 186 g/mol. The average molecular weight is 193 g/mol. The van der Waals surface area contributed by atoms with Gasteiger partial charge in [0, 0.05) is 18.5 Å². The molecule has 0 unspecified atom stereocenters. The van der Waals surface area contributed by atoms with E-state index in [-0.39, 0.29) is 5.97 Å². The van der Waals surface area contributed by atoms with E-state index in [0.29, 0.717) is 5.75 Å². The summed E-state index contributed by atoms with van der Waals surface area (Å²) >= 11 is 1.54. The van der Waals surface area contributed by atoms with E-state index in [1.165, 1.54) is 18.3 Å². The van der Waals surface area contributed by atoms with E-state index in [1.807, 2.05) is 11.4 Å². The van der Waals surface area contributed by atoms with Crippen molar-refractivity contribution in [3.63, 3.8) is 0 Å². The van der Waals surface area contributed by atoms with Gasteiger partial charge in [-0.15, -0.1) is 11.3 Å². The van der Waals surface area contributed by atoms with Gasteiger partial charge in [0.15, 0.2) is 5.75 Å². The molecule has 3 nitrogen and oxygen atoms in total. The molecule has 0 aliphatic rings. The number of hydrogen-bond donors (Lipinski definition) is 0. The fourth-order valence-electron chi connectivity index (χ4n) is 1.09. The first-order valence-corrected chi connectivity index (χ1v) is 4.65. The van der Waals surface area contributed by atoms with Gasteiger partial charge in [0.2, 0.25) is 0 Å². The van der Waals surface area contributed by atoms with Crippen LogP contribution >= 0.6 is 11.3 Å². The maximum Gasteiger partial charge on any atom is 0.308 e. The van der Waals surface area contributed by atoms with Crippen LogP contribution in [0.4, 0.5) is 0 Å². The second-order valence-corrected chi connectivity index (χ2v) is 3.49. The second kappa shape index (κ2) is 3.14. The smallest absolute Gasteiger partial charge is 0.308 e. The summed E-state index contributed by atoms with van der Waals surface area (Å²) in [5, 5.41) is 2.95. The van der Waals surface area contributed by atoms with Gasteiger partial charge in [-0.05, 0) is 11.4 Å². The molecule has 0 amide bonds. The normalized spacial score (nSPS) is 10.2. The number of carbonyl (C=O) groups is 1. The van der Waals surface area contributed by atoms with Crippen molar-refractivity contribution in [2.75, 3.05) is 0 Å². The average Bonchev–Trinajstić information content (AvgIpc) is 2.51. The molecule has 0 fully saturated rings. The molecule has 13 heavy (non-hydrogen) atoms. The molecule has 0 N–H and O–H groups in total. The zero-order valence-corrected chi connectivity index (χ0v) is 7.80. The fraction of sp³-hybridized carbons (Fsp3) is 0.111. The summed E-state index contributed by atoms with van der Waals surface area (Å²) in [6.07, 6.45) is 3.30.